The molecule has 0 saturated heterocycles. The Labute approximate surface area is 72.3 Å². The Bertz CT molecular complexity index is 379. The summed E-state index contributed by atoms with van der Waals surface area (Å²) in [6, 6.07) is 0. The topological polar surface area (TPSA) is 58.6 Å². The Hall–Kier alpha value is -1.49. The number of carbonyl (C=O) groups excluding carboxylic acids is 1. The number of aldehydes is 1. The Morgan fingerprint density at radius 2 is 2.42 bits per heavy atom. The molecule has 2 aromatic heterocycles. The predicted molar refractivity (Wildman–Crippen MR) is 45.1 cm³/mol. The predicted octanol–water partition coefficient (Wildman–Crippen LogP) is 1.35. The molecule has 0 aliphatic carbocycles. The molecular weight excluding hydrogens is 174 g/mol. The molecule has 0 amide bonds. The van der Waals surface area contributed by atoms with Crippen molar-refractivity contribution in [3.05, 3.63) is 23.5 Å². The van der Waals surface area contributed by atoms with E-state index in [9.17, 15) is 4.79 Å². The number of hydrogen-bond donors (Lipinski definition) is 1. The van der Waals surface area contributed by atoms with E-state index in [-0.39, 0.29) is 0 Å². The smallest absolute Gasteiger partial charge is 0.166 e. The second-order valence-electron chi connectivity index (χ2n) is 2.12. The van der Waals surface area contributed by atoms with Crippen LogP contribution in [0.3, 0.4) is 0 Å². The first-order valence-corrected chi connectivity index (χ1v) is 4.12. The minimum Gasteiger partial charge on any atom is -0.343 e. The highest BCUT2D eigenvalue weighted by Crippen LogP contribution is 2.19. The van der Waals surface area contributed by atoms with E-state index in [1.807, 2.05) is 0 Å². The van der Waals surface area contributed by atoms with Crippen molar-refractivity contribution in [3.8, 4) is 10.8 Å². The lowest BCUT2D eigenvalue weighted by Gasteiger charge is -1.84. The van der Waals surface area contributed by atoms with Gasteiger partial charge in [0.05, 0.1) is 4.88 Å². The zero-order valence-electron chi connectivity index (χ0n) is 6.02. The van der Waals surface area contributed by atoms with E-state index in [2.05, 4.69) is 15.0 Å². The number of thiazole rings is 1. The van der Waals surface area contributed by atoms with Gasteiger partial charge in [0.15, 0.2) is 17.1 Å². The third kappa shape index (κ3) is 1.14. The van der Waals surface area contributed by atoms with Gasteiger partial charge >= 0.3 is 0 Å². The second-order valence-corrected chi connectivity index (χ2v) is 3.19. The largest absolute Gasteiger partial charge is 0.343 e. The Kier molecular flexibility index (Phi) is 1.71. The van der Waals surface area contributed by atoms with Gasteiger partial charge in [0.2, 0.25) is 0 Å². The summed E-state index contributed by atoms with van der Waals surface area (Å²) in [6.07, 6.45) is 5.69. The van der Waals surface area contributed by atoms with Gasteiger partial charge in [-0.3, -0.25) is 4.79 Å². The zero-order valence-corrected chi connectivity index (χ0v) is 6.84. The molecule has 0 radical (unpaired) electrons. The van der Waals surface area contributed by atoms with Crippen molar-refractivity contribution in [1.82, 2.24) is 15.0 Å². The number of nitrogens with one attached hydrogen (secondary N) is 1. The second kappa shape index (κ2) is 2.86. The minimum atomic E-state index is 0.612. The van der Waals surface area contributed by atoms with E-state index in [0.29, 0.717) is 10.7 Å². The van der Waals surface area contributed by atoms with Crippen molar-refractivity contribution in [2.24, 2.45) is 0 Å². The quantitative estimate of drug-likeness (QED) is 0.708. The third-order valence-corrected chi connectivity index (χ3v) is 2.27. The first kappa shape index (κ1) is 7.17. The summed E-state index contributed by atoms with van der Waals surface area (Å²) in [5.41, 5.74) is 0. The van der Waals surface area contributed by atoms with Gasteiger partial charge in [0, 0.05) is 18.6 Å². The number of imidazole rings is 1. The van der Waals surface area contributed by atoms with Crippen LogP contribution in [0.2, 0.25) is 0 Å². The maximum atomic E-state index is 10.3. The molecule has 2 aromatic rings. The van der Waals surface area contributed by atoms with Crippen LogP contribution in [0.25, 0.3) is 10.8 Å². The van der Waals surface area contributed by atoms with Gasteiger partial charge in [-0.15, -0.1) is 11.3 Å². The first-order valence-electron chi connectivity index (χ1n) is 3.31. The average Bonchev–Trinajstić information content (AvgIpc) is 2.75. The Morgan fingerprint density at radius 1 is 1.50 bits per heavy atom. The molecule has 0 aliphatic rings. The van der Waals surface area contributed by atoms with Crippen molar-refractivity contribution in [1.29, 1.82) is 0 Å². The summed E-state index contributed by atoms with van der Waals surface area (Å²) in [7, 11) is 0. The fourth-order valence-corrected chi connectivity index (χ4v) is 1.52. The summed E-state index contributed by atoms with van der Waals surface area (Å²) >= 11 is 1.32. The summed E-state index contributed by atoms with van der Waals surface area (Å²) in [6.45, 7) is 0. The van der Waals surface area contributed by atoms with Crippen LogP contribution >= 0.6 is 11.3 Å². The molecule has 5 heteroatoms. The van der Waals surface area contributed by atoms with Crippen molar-refractivity contribution in [3.63, 3.8) is 0 Å². The van der Waals surface area contributed by atoms with Gasteiger partial charge in [-0.05, 0) is 0 Å². The number of hydrogen-bond acceptors (Lipinski definition) is 4. The summed E-state index contributed by atoms with van der Waals surface area (Å²) in [4.78, 5) is 21.9. The molecule has 0 unspecified atom stereocenters. The van der Waals surface area contributed by atoms with E-state index < -0.39 is 0 Å². The molecular formula is C7H5N3OS. The van der Waals surface area contributed by atoms with E-state index in [4.69, 9.17) is 0 Å². The minimum absolute atomic E-state index is 0.612. The molecule has 0 aliphatic heterocycles. The number of aromatic amines is 1. The summed E-state index contributed by atoms with van der Waals surface area (Å²) in [5, 5.41) is 0.738. The van der Waals surface area contributed by atoms with E-state index in [1.165, 1.54) is 17.5 Å². The fraction of sp³-hybridized carbons (Fsp3) is 0. The van der Waals surface area contributed by atoms with E-state index in [0.717, 1.165) is 11.3 Å². The fourth-order valence-electron chi connectivity index (χ4n) is 0.833. The Balaban J connectivity index is 2.41. The van der Waals surface area contributed by atoms with Crippen LogP contribution in [0.15, 0.2) is 18.6 Å². The van der Waals surface area contributed by atoms with Crippen molar-refractivity contribution >= 4 is 17.6 Å². The SMILES string of the molecule is O=Cc1cnc(-c2ncc[nH]2)s1. The van der Waals surface area contributed by atoms with Crippen LogP contribution in [-0.4, -0.2) is 21.2 Å². The van der Waals surface area contributed by atoms with Crippen LogP contribution in [0, 0.1) is 0 Å². The molecule has 12 heavy (non-hydrogen) atoms. The first-order chi connectivity index (χ1) is 5.90. The van der Waals surface area contributed by atoms with Crippen LogP contribution in [0.5, 0.6) is 0 Å². The monoisotopic (exact) mass is 179 g/mol. The standard InChI is InChI=1S/C7H5N3OS/c11-4-5-3-10-7(12-5)6-8-1-2-9-6/h1-4H,(H,8,9). The maximum Gasteiger partial charge on any atom is 0.166 e. The van der Waals surface area contributed by atoms with Crippen molar-refractivity contribution in [2.75, 3.05) is 0 Å². The molecule has 0 bridgehead atoms. The molecule has 1 N–H and O–H groups in total. The lowest BCUT2D eigenvalue weighted by Crippen LogP contribution is -1.75. The molecule has 60 valence electrons. The third-order valence-electron chi connectivity index (χ3n) is 1.34. The number of rotatable bonds is 2. The van der Waals surface area contributed by atoms with Gasteiger partial charge in [-0.25, -0.2) is 9.97 Å². The molecule has 0 aromatic carbocycles. The number of nitrogens with zero attached hydrogens (tertiary/aromatic N) is 2. The van der Waals surface area contributed by atoms with Gasteiger partial charge in [0.25, 0.3) is 0 Å². The lowest BCUT2D eigenvalue weighted by molar-refractivity contribution is 0.112. The van der Waals surface area contributed by atoms with Crippen LogP contribution in [0.1, 0.15) is 9.67 Å². The highest BCUT2D eigenvalue weighted by atomic mass is 32.1. The maximum absolute atomic E-state index is 10.3. The number of H-pyrrole nitrogens is 1. The molecule has 2 rings (SSSR count). The summed E-state index contributed by atoms with van der Waals surface area (Å²) in [5.74, 6) is 0.702. The van der Waals surface area contributed by atoms with Crippen molar-refractivity contribution in [2.45, 2.75) is 0 Å². The van der Waals surface area contributed by atoms with Crippen LogP contribution in [-0.2, 0) is 0 Å². The normalized spacial score (nSPS) is 10.0. The van der Waals surface area contributed by atoms with Gasteiger partial charge in [-0.2, -0.15) is 0 Å². The lowest BCUT2D eigenvalue weighted by atomic mass is 10.6. The van der Waals surface area contributed by atoms with Gasteiger partial charge < -0.3 is 4.98 Å². The Morgan fingerprint density at radius 3 is 3.00 bits per heavy atom. The average molecular weight is 179 g/mol. The molecule has 2 heterocycles. The van der Waals surface area contributed by atoms with Crippen molar-refractivity contribution < 1.29 is 4.79 Å². The molecule has 0 atom stereocenters. The number of aromatic nitrogens is 3. The van der Waals surface area contributed by atoms with Gasteiger partial charge in [-0.1, -0.05) is 0 Å². The van der Waals surface area contributed by atoms with Crippen LogP contribution in [0.4, 0.5) is 0 Å². The van der Waals surface area contributed by atoms with E-state index in [1.54, 1.807) is 12.4 Å². The molecule has 4 nitrogen and oxygen atoms in total. The van der Waals surface area contributed by atoms with E-state index >= 15 is 0 Å². The zero-order chi connectivity index (χ0) is 8.39. The highest BCUT2D eigenvalue weighted by molar-refractivity contribution is 7.16. The molecule has 0 spiro atoms. The summed E-state index contributed by atoms with van der Waals surface area (Å²) < 4.78 is 0. The number of carbonyl (C=O) groups is 1. The van der Waals surface area contributed by atoms with Gasteiger partial charge in [0.1, 0.15) is 0 Å². The van der Waals surface area contributed by atoms with Crippen LogP contribution < -0.4 is 0 Å². The molecule has 0 fully saturated rings. The molecule has 0 saturated carbocycles. The highest BCUT2D eigenvalue weighted by Gasteiger charge is 2.04.